The molecule has 6 heteroatoms. The van der Waals surface area contributed by atoms with Gasteiger partial charge in [0, 0.05) is 17.5 Å². The summed E-state index contributed by atoms with van der Waals surface area (Å²) < 4.78 is 31.7. The van der Waals surface area contributed by atoms with Gasteiger partial charge in [0.25, 0.3) is 0 Å². The number of rotatable bonds is 2. The predicted octanol–water partition coefficient (Wildman–Crippen LogP) is 4.80. The second-order valence-corrected chi connectivity index (χ2v) is 7.24. The van der Waals surface area contributed by atoms with Crippen molar-refractivity contribution in [1.82, 2.24) is 5.01 Å². The maximum Gasteiger partial charge on any atom is 0.231 e. The Morgan fingerprint density at radius 3 is 2.55 bits per heavy atom. The standard InChI is InChI=1S/C23H17FN2O3/c24-17-7-3-1-5-15(17)23-26-19(16-6-2-4-8-20(16)29-23)12-18(25-26)14-9-10-21-22(11-14)28-13-27-21/h1-11,19,23H,12-13H2. The van der Waals surface area contributed by atoms with Crippen LogP contribution >= 0.6 is 0 Å². The first-order valence-electron chi connectivity index (χ1n) is 9.54. The van der Waals surface area contributed by atoms with E-state index in [2.05, 4.69) is 0 Å². The number of nitrogens with zero attached hydrogens (tertiary/aromatic N) is 2. The van der Waals surface area contributed by atoms with Crippen molar-refractivity contribution in [2.24, 2.45) is 5.10 Å². The molecule has 3 aliphatic rings. The third kappa shape index (κ3) is 2.56. The van der Waals surface area contributed by atoms with Crippen molar-refractivity contribution in [2.75, 3.05) is 6.79 Å². The van der Waals surface area contributed by atoms with Gasteiger partial charge in [0.15, 0.2) is 11.5 Å². The molecule has 0 fully saturated rings. The molecule has 3 aliphatic heterocycles. The Kier molecular flexibility index (Phi) is 3.53. The van der Waals surface area contributed by atoms with E-state index in [9.17, 15) is 4.39 Å². The van der Waals surface area contributed by atoms with E-state index in [1.165, 1.54) is 6.07 Å². The molecule has 29 heavy (non-hydrogen) atoms. The first-order valence-corrected chi connectivity index (χ1v) is 9.54. The zero-order chi connectivity index (χ0) is 19.4. The fourth-order valence-corrected chi connectivity index (χ4v) is 4.17. The van der Waals surface area contributed by atoms with Crippen molar-refractivity contribution in [3.05, 3.63) is 89.2 Å². The molecule has 144 valence electrons. The molecular formula is C23H17FN2O3. The number of para-hydroxylation sites is 1. The molecular weight excluding hydrogens is 371 g/mol. The normalized spacial score (nSPS) is 21.3. The van der Waals surface area contributed by atoms with E-state index in [4.69, 9.17) is 19.3 Å². The van der Waals surface area contributed by atoms with Crippen molar-refractivity contribution in [1.29, 1.82) is 0 Å². The number of halogens is 1. The maximum atomic E-state index is 14.6. The molecule has 0 bridgehead atoms. The van der Waals surface area contributed by atoms with Crippen LogP contribution < -0.4 is 14.2 Å². The van der Waals surface area contributed by atoms with Gasteiger partial charge < -0.3 is 14.2 Å². The Labute approximate surface area is 166 Å². The molecule has 5 nitrogen and oxygen atoms in total. The largest absolute Gasteiger partial charge is 0.464 e. The highest BCUT2D eigenvalue weighted by atomic mass is 19.1. The molecule has 3 heterocycles. The predicted molar refractivity (Wildman–Crippen MR) is 105 cm³/mol. The Balaban J connectivity index is 1.45. The van der Waals surface area contributed by atoms with Crippen molar-refractivity contribution < 1.29 is 18.6 Å². The number of hydrazone groups is 1. The van der Waals surface area contributed by atoms with E-state index in [0.29, 0.717) is 12.0 Å². The Morgan fingerprint density at radius 2 is 1.66 bits per heavy atom. The fourth-order valence-electron chi connectivity index (χ4n) is 4.17. The quantitative estimate of drug-likeness (QED) is 0.633. The summed E-state index contributed by atoms with van der Waals surface area (Å²) in [4.78, 5) is 0. The highest BCUT2D eigenvalue weighted by Crippen LogP contribution is 2.48. The number of benzene rings is 3. The van der Waals surface area contributed by atoms with Gasteiger partial charge in [-0.3, -0.25) is 0 Å². The van der Waals surface area contributed by atoms with Gasteiger partial charge in [-0.25, -0.2) is 9.40 Å². The summed E-state index contributed by atoms with van der Waals surface area (Å²) in [6, 6.07) is 20.4. The second kappa shape index (κ2) is 6.24. The first-order chi connectivity index (χ1) is 14.3. The van der Waals surface area contributed by atoms with Crippen LogP contribution in [0.25, 0.3) is 0 Å². The lowest BCUT2D eigenvalue weighted by atomic mass is 9.95. The van der Waals surface area contributed by atoms with Gasteiger partial charge in [-0.15, -0.1) is 0 Å². The van der Waals surface area contributed by atoms with Gasteiger partial charge >= 0.3 is 0 Å². The average molecular weight is 388 g/mol. The molecule has 0 saturated heterocycles. The highest BCUT2D eigenvalue weighted by molar-refractivity contribution is 6.02. The Morgan fingerprint density at radius 1 is 0.862 bits per heavy atom. The van der Waals surface area contributed by atoms with Gasteiger partial charge in [0.05, 0.1) is 17.3 Å². The van der Waals surface area contributed by atoms with Crippen LogP contribution in [0.15, 0.2) is 71.8 Å². The van der Waals surface area contributed by atoms with Crippen LogP contribution in [0, 0.1) is 5.82 Å². The lowest BCUT2D eigenvalue weighted by Crippen LogP contribution is -2.34. The van der Waals surface area contributed by atoms with Crippen molar-refractivity contribution in [3.8, 4) is 17.2 Å². The van der Waals surface area contributed by atoms with Crippen LogP contribution in [0.3, 0.4) is 0 Å². The van der Waals surface area contributed by atoms with Crippen LogP contribution in [-0.4, -0.2) is 17.5 Å². The van der Waals surface area contributed by atoms with Gasteiger partial charge in [-0.2, -0.15) is 5.10 Å². The molecule has 0 spiro atoms. The summed E-state index contributed by atoms with van der Waals surface area (Å²) in [5.74, 6) is 1.92. The summed E-state index contributed by atoms with van der Waals surface area (Å²) >= 11 is 0. The SMILES string of the molecule is Fc1ccccc1C1Oc2ccccc2C2CC(c3ccc4c(c3)OCO4)=NN21. The Hall–Kier alpha value is -3.54. The van der Waals surface area contributed by atoms with E-state index in [0.717, 1.165) is 34.1 Å². The minimum absolute atomic E-state index is 0.0232. The van der Waals surface area contributed by atoms with Crippen molar-refractivity contribution in [3.63, 3.8) is 0 Å². The van der Waals surface area contributed by atoms with Crippen LogP contribution in [-0.2, 0) is 0 Å². The number of hydrogen-bond donors (Lipinski definition) is 0. The van der Waals surface area contributed by atoms with E-state index in [1.54, 1.807) is 12.1 Å². The molecule has 0 saturated carbocycles. The molecule has 6 rings (SSSR count). The first kappa shape index (κ1) is 16.4. The van der Waals surface area contributed by atoms with E-state index < -0.39 is 6.23 Å². The van der Waals surface area contributed by atoms with E-state index >= 15 is 0 Å². The molecule has 3 aromatic rings. The van der Waals surface area contributed by atoms with Crippen molar-refractivity contribution in [2.45, 2.75) is 18.7 Å². The lowest BCUT2D eigenvalue weighted by molar-refractivity contribution is -0.0212. The maximum absolute atomic E-state index is 14.6. The Bertz CT molecular complexity index is 1150. The molecule has 3 aromatic carbocycles. The van der Waals surface area contributed by atoms with Gasteiger partial charge in [0.2, 0.25) is 13.0 Å². The monoisotopic (exact) mass is 388 g/mol. The zero-order valence-corrected chi connectivity index (χ0v) is 15.4. The second-order valence-electron chi connectivity index (χ2n) is 7.24. The number of hydrogen-bond acceptors (Lipinski definition) is 5. The topological polar surface area (TPSA) is 43.3 Å². The molecule has 0 aliphatic carbocycles. The van der Waals surface area contributed by atoms with Crippen LogP contribution in [0.5, 0.6) is 17.2 Å². The van der Waals surface area contributed by atoms with Gasteiger partial charge in [0.1, 0.15) is 11.6 Å². The number of fused-ring (bicyclic) bond motifs is 4. The number of ether oxygens (including phenoxy) is 3. The van der Waals surface area contributed by atoms with E-state index in [-0.39, 0.29) is 18.7 Å². The summed E-state index contributed by atoms with van der Waals surface area (Å²) in [6.07, 6.45) is 0.0768. The van der Waals surface area contributed by atoms with Crippen LogP contribution in [0.1, 0.15) is 35.4 Å². The molecule has 0 radical (unpaired) electrons. The summed E-state index contributed by atoms with van der Waals surface area (Å²) in [7, 11) is 0. The molecule has 2 atom stereocenters. The minimum Gasteiger partial charge on any atom is -0.464 e. The smallest absolute Gasteiger partial charge is 0.231 e. The zero-order valence-electron chi connectivity index (χ0n) is 15.4. The van der Waals surface area contributed by atoms with Gasteiger partial charge in [-0.1, -0.05) is 36.4 Å². The van der Waals surface area contributed by atoms with E-state index in [1.807, 2.05) is 53.5 Å². The molecule has 0 aromatic heterocycles. The van der Waals surface area contributed by atoms with Crippen molar-refractivity contribution >= 4 is 5.71 Å². The molecule has 0 N–H and O–H groups in total. The highest BCUT2D eigenvalue weighted by Gasteiger charge is 2.41. The van der Waals surface area contributed by atoms with Crippen LogP contribution in [0.4, 0.5) is 4.39 Å². The minimum atomic E-state index is -0.623. The summed E-state index contributed by atoms with van der Waals surface area (Å²) in [5.41, 5.74) is 3.41. The third-order valence-corrected chi connectivity index (χ3v) is 5.58. The lowest BCUT2D eigenvalue weighted by Gasteiger charge is -2.38. The van der Waals surface area contributed by atoms with Gasteiger partial charge in [-0.05, 0) is 30.3 Å². The summed E-state index contributed by atoms with van der Waals surface area (Å²) in [6.45, 7) is 0.233. The fraction of sp³-hybridized carbons (Fsp3) is 0.174. The third-order valence-electron chi connectivity index (χ3n) is 5.58. The molecule has 2 unspecified atom stereocenters. The average Bonchev–Trinajstić information content (AvgIpc) is 3.40. The van der Waals surface area contributed by atoms with Crippen LogP contribution in [0.2, 0.25) is 0 Å². The summed E-state index contributed by atoms with van der Waals surface area (Å²) in [5, 5.41) is 6.74. The molecule has 0 amide bonds.